The van der Waals surface area contributed by atoms with Crippen LogP contribution in [0.25, 0.3) is 0 Å². The molecule has 1 N–H and O–H groups in total. The predicted molar refractivity (Wildman–Crippen MR) is 81.3 cm³/mol. The van der Waals surface area contributed by atoms with Crippen molar-refractivity contribution in [1.29, 1.82) is 0 Å². The van der Waals surface area contributed by atoms with E-state index in [1.165, 1.54) is 0 Å². The fourth-order valence-electron chi connectivity index (χ4n) is 1.54. The largest absolute Gasteiger partial charge is 0.444 e. The van der Waals surface area contributed by atoms with Gasteiger partial charge in [0.05, 0.1) is 13.2 Å². The van der Waals surface area contributed by atoms with Crippen molar-refractivity contribution in [3.05, 3.63) is 35.9 Å². The van der Waals surface area contributed by atoms with E-state index in [1.807, 2.05) is 30.3 Å². The third-order valence-electron chi connectivity index (χ3n) is 2.44. The number of alkyl carbamates (subject to hydrolysis) is 1. The van der Waals surface area contributed by atoms with Crippen LogP contribution in [0.15, 0.2) is 30.3 Å². The molecule has 0 saturated heterocycles. The molecule has 0 heterocycles. The quantitative estimate of drug-likeness (QED) is 0.453. The van der Waals surface area contributed by atoms with Gasteiger partial charge < -0.3 is 24.3 Å². The molecule has 0 radical (unpaired) electrons. The first-order valence-electron chi connectivity index (χ1n) is 7.05. The number of rotatable bonds is 8. The van der Waals surface area contributed by atoms with Gasteiger partial charge in [0.15, 0.2) is 0 Å². The summed E-state index contributed by atoms with van der Waals surface area (Å²) in [5, 5.41) is 2.42. The van der Waals surface area contributed by atoms with Crippen LogP contribution in [0.2, 0.25) is 0 Å². The lowest BCUT2D eigenvalue weighted by atomic mass is 10.2. The highest BCUT2D eigenvalue weighted by atomic mass is 16.7. The minimum Gasteiger partial charge on any atom is -0.444 e. The second-order valence-corrected chi connectivity index (χ2v) is 5.71. The van der Waals surface area contributed by atoms with E-state index in [0.717, 1.165) is 5.56 Å². The molecule has 1 amide bonds. The number of ether oxygens (including phenoxy) is 3. The average Bonchev–Trinajstić information content (AvgIpc) is 2.44. The number of carbonyl (C=O) groups is 2. The predicted octanol–water partition coefficient (Wildman–Crippen LogP) is 2.27. The summed E-state index contributed by atoms with van der Waals surface area (Å²) in [4.78, 5) is 22.4. The Morgan fingerprint density at radius 3 is 2.50 bits per heavy atom. The minimum absolute atomic E-state index is 0.0253. The summed E-state index contributed by atoms with van der Waals surface area (Å²) in [6, 6.07) is 8.89. The van der Waals surface area contributed by atoms with Gasteiger partial charge >= 0.3 is 6.09 Å². The van der Waals surface area contributed by atoms with Crippen LogP contribution in [0.5, 0.6) is 0 Å². The highest BCUT2D eigenvalue weighted by Gasteiger charge is 2.19. The molecule has 0 aromatic heterocycles. The van der Waals surface area contributed by atoms with E-state index in [1.54, 1.807) is 20.8 Å². The zero-order valence-corrected chi connectivity index (χ0v) is 13.2. The second-order valence-electron chi connectivity index (χ2n) is 5.71. The lowest BCUT2D eigenvalue weighted by molar-refractivity contribution is -0.114. The molecule has 6 heteroatoms. The van der Waals surface area contributed by atoms with Crippen LogP contribution < -0.4 is 5.32 Å². The monoisotopic (exact) mass is 309 g/mol. The number of hydrogen-bond donors (Lipinski definition) is 1. The maximum Gasteiger partial charge on any atom is 0.408 e. The molecule has 0 aliphatic carbocycles. The zero-order chi connectivity index (χ0) is 16.4. The molecule has 1 aromatic carbocycles. The summed E-state index contributed by atoms with van der Waals surface area (Å²) in [6.07, 6.45) is -0.0559. The molecule has 1 atom stereocenters. The summed E-state index contributed by atoms with van der Waals surface area (Å²) in [6.45, 7) is 5.72. The van der Waals surface area contributed by atoms with Crippen molar-refractivity contribution in [2.45, 2.75) is 39.0 Å². The Hall–Kier alpha value is -1.92. The molecule has 122 valence electrons. The van der Waals surface area contributed by atoms with Crippen LogP contribution >= 0.6 is 0 Å². The van der Waals surface area contributed by atoms with Crippen LogP contribution in [0, 0.1) is 0 Å². The van der Waals surface area contributed by atoms with Gasteiger partial charge in [0, 0.05) is 0 Å². The fraction of sp³-hybridized carbons (Fsp3) is 0.500. The first-order chi connectivity index (χ1) is 10.4. The topological polar surface area (TPSA) is 73.9 Å². The van der Waals surface area contributed by atoms with Crippen LogP contribution in [-0.4, -0.2) is 37.4 Å². The summed E-state index contributed by atoms with van der Waals surface area (Å²) >= 11 is 0. The Morgan fingerprint density at radius 2 is 1.91 bits per heavy atom. The number of hydrogen-bond acceptors (Lipinski definition) is 5. The highest BCUT2D eigenvalue weighted by molar-refractivity contribution is 5.73. The second kappa shape index (κ2) is 9.17. The molecular weight excluding hydrogens is 286 g/mol. The van der Waals surface area contributed by atoms with Gasteiger partial charge in [0.2, 0.25) is 0 Å². The molecule has 0 fully saturated rings. The number of aldehydes is 1. The maximum absolute atomic E-state index is 11.5. The summed E-state index contributed by atoms with van der Waals surface area (Å²) in [5.74, 6) is 0. The van der Waals surface area contributed by atoms with Crippen molar-refractivity contribution in [2.75, 3.05) is 13.4 Å². The van der Waals surface area contributed by atoms with Crippen molar-refractivity contribution < 1.29 is 23.8 Å². The number of nitrogens with one attached hydrogen (secondary N) is 1. The molecular formula is C16H23NO5. The average molecular weight is 309 g/mol. The lowest BCUT2D eigenvalue weighted by Gasteiger charge is -2.21. The maximum atomic E-state index is 11.5. The Labute approximate surface area is 130 Å². The van der Waals surface area contributed by atoms with Crippen molar-refractivity contribution >= 4 is 12.4 Å². The van der Waals surface area contributed by atoms with Gasteiger partial charge in [-0.15, -0.1) is 0 Å². The molecule has 0 bridgehead atoms. The van der Waals surface area contributed by atoms with E-state index in [2.05, 4.69) is 5.32 Å². The van der Waals surface area contributed by atoms with E-state index >= 15 is 0 Å². The van der Waals surface area contributed by atoms with E-state index in [4.69, 9.17) is 14.2 Å². The zero-order valence-electron chi connectivity index (χ0n) is 13.2. The van der Waals surface area contributed by atoms with Crippen LogP contribution in [-0.2, 0) is 25.6 Å². The van der Waals surface area contributed by atoms with Gasteiger partial charge in [-0.05, 0) is 26.3 Å². The summed E-state index contributed by atoms with van der Waals surface area (Å²) in [7, 11) is 0. The Kier molecular flexibility index (Phi) is 7.56. The first kappa shape index (κ1) is 18.1. The molecule has 6 nitrogen and oxygen atoms in total. The molecule has 1 rings (SSSR count). The van der Waals surface area contributed by atoms with E-state index in [0.29, 0.717) is 12.9 Å². The third kappa shape index (κ3) is 8.39. The molecule has 0 unspecified atom stereocenters. The Bertz CT molecular complexity index is 455. The van der Waals surface area contributed by atoms with Gasteiger partial charge in [-0.2, -0.15) is 0 Å². The standard InChI is InChI=1S/C16H23NO5/c1-16(2,3)22-15(19)17-14(9-18)11-21-12-20-10-13-7-5-4-6-8-13/h4-9,14H,10-12H2,1-3H3,(H,17,19)/t14-/m1/s1. The van der Waals surface area contributed by atoms with Crippen LogP contribution in [0.3, 0.4) is 0 Å². The van der Waals surface area contributed by atoms with Crippen LogP contribution in [0.1, 0.15) is 26.3 Å². The van der Waals surface area contributed by atoms with Gasteiger partial charge in [-0.25, -0.2) is 4.79 Å². The lowest BCUT2D eigenvalue weighted by Crippen LogP contribution is -2.42. The van der Waals surface area contributed by atoms with Gasteiger partial charge in [0.1, 0.15) is 24.7 Å². The fourth-order valence-corrected chi connectivity index (χ4v) is 1.54. The smallest absolute Gasteiger partial charge is 0.408 e. The number of amides is 1. The van der Waals surface area contributed by atoms with Gasteiger partial charge in [-0.3, -0.25) is 0 Å². The minimum atomic E-state index is -0.768. The van der Waals surface area contributed by atoms with Crippen molar-refractivity contribution in [3.8, 4) is 0 Å². The van der Waals surface area contributed by atoms with Crippen molar-refractivity contribution in [3.63, 3.8) is 0 Å². The molecule has 0 aliphatic rings. The first-order valence-corrected chi connectivity index (χ1v) is 7.05. The Balaban J connectivity index is 2.18. The molecule has 1 aromatic rings. The molecule has 0 aliphatic heterocycles. The van der Waals surface area contributed by atoms with Crippen molar-refractivity contribution in [1.82, 2.24) is 5.32 Å². The van der Waals surface area contributed by atoms with Crippen LogP contribution in [0.4, 0.5) is 4.79 Å². The number of carbonyl (C=O) groups excluding carboxylic acids is 2. The molecule has 22 heavy (non-hydrogen) atoms. The van der Waals surface area contributed by atoms with Gasteiger partial charge in [0.25, 0.3) is 0 Å². The van der Waals surface area contributed by atoms with Crippen molar-refractivity contribution in [2.24, 2.45) is 0 Å². The van der Waals surface area contributed by atoms with E-state index < -0.39 is 17.7 Å². The summed E-state index contributed by atoms with van der Waals surface area (Å²) in [5.41, 5.74) is 0.418. The SMILES string of the molecule is CC(C)(C)OC(=O)N[C@H](C=O)COCOCc1ccccc1. The Morgan fingerprint density at radius 1 is 1.23 bits per heavy atom. The molecule has 0 spiro atoms. The normalized spacial score (nSPS) is 12.5. The number of benzene rings is 1. The highest BCUT2D eigenvalue weighted by Crippen LogP contribution is 2.06. The van der Waals surface area contributed by atoms with E-state index in [-0.39, 0.29) is 13.4 Å². The van der Waals surface area contributed by atoms with E-state index in [9.17, 15) is 9.59 Å². The molecule has 0 saturated carbocycles. The van der Waals surface area contributed by atoms with Gasteiger partial charge in [-0.1, -0.05) is 30.3 Å². The summed E-state index contributed by atoms with van der Waals surface area (Å²) < 4.78 is 15.6. The third-order valence-corrected chi connectivity index (χ3v) is 2.44.